The number of thiocarbonyl (C=S) groups is 1. The summed E-state index contributed by atoms with van der Waals surface area (Å²) in [6.45, 7) is 4.44. The van der Waals surface area contributed by atoms with Gasteiger partial charge in [0.2, 0.25) is 0 Å². The Hall–Kier alpha value is -2.26. The first-order valence-electron chi connectivity index (χ1n) is 8.72. The molecule has 27 heavy (non-hydrogen) atoms. The Morgan fingerprint density at radius 1 is 1.37 bits per heavy atom. The molecule has 1 aromatic carbocycles. The van der Waals surface area contributed by atoms with Gasteiger partial charge in [-0.05, 0) is 38.0 Å². The number of hydrogen-bond donors (Lipinski definition) is 2. The first-order chi connectivity index (χ1) is 12.9. The van der Waals surface area contributed by atoms with Crippen molar-refractivity contribution in [2.45, 2.75) is 32.9 Å². The molecule has 0 spiro atoms. The fraction of sp³-hybridized carbons (Fsp3) is 0.389. The highest BCUT2D eigenvalue weighted by molar-refractivity contribution is 7.91. The molecule has 144 valence electrons. The number of hydrazone groups is 1. The van der Waals surface area contributed by atoms with Crippen molar-refractivity contribution in [3.63, 3.8) is 0 Å². The molecule has 0 bridgehead atoms. The Kier molecular flexibility index (Phi) is 5.91. The minimum Gasteiger partial charge on any atom is -0.357 e. The van der Waals surface area contributed by atoms with E-state index in [9.17, 15) is 8.42 Å². The number of aromatic nitrogens is 2. The predicted molar refractivity (Wildman–Crippen MR) is 111 cm³/mol. The predicted octanol–water partition coefficient (Wildman–Crippen LogP) is 1.86. The first kappa shape index (κ1) is 19.5. The van der Waals surface area contributed by atoms with Gasteiger partial charge in [-0.1, -0.05) is 30.3 Å². The number of nitrogens with one attached hydrogen (secondary N) is 2. The van der Waals surface area contributed by atoms with Crippen LogP contribution in [0.5, 0.6) is 0 Å². The van der Waals surface area contributed by atoms with Crippen LogP contribution < -0.4 is 10.7 Å². The van der Waals surface area contributed by atoms with E-state index >= 15 is 0 Å². The van der Waals surface area contributed by atoms with Crippen LogP contribution in [0.15, 0.2) is 35.4 Å². The quantitative estimate of drug-likeness (QED) is 0.448. The second kappa shape index (κ2) is 8.18. The Labute approximate surface area is 164 Å². The lowest BCUT2D eigenvalue weighted by Crippen LogP contribution is -2.31. The number of benzene rings is 1. The fourth-order valence-electron chi connectivity index (χ4n) is 3.16. The van der Waals surface area contributed by atoms with Crippen molar-refractivity contribution in [2.75, 3.05) is 11.5 Å². The van der Waals surface area contributed by atoms with E-state index in [1.54, 1.807) is 6.21 Å². The molecule has 0 amide bonds. The molecular formula is C18H23N5O2S2. The molecular weight excluding hydrogens is 382 g/mol. The summed E-state index contributed by atoms with van der Waals surface area (Å²) >= 11 is 5.23. The van der Waals surface area contributed by atoms with Crippen LogP contribution in [-0.4, -0.2) is 41.0 Å². The van der Waals surface area contributed by atoms with Gasteiger partial charge in [0.15, 0.2) is 14.9 Å². The summed E-state index contributed by atoms with van der Waals surface area (Å²) in [6.07, 6.45) is 2.28. The molecule has 9 heteroatoms. The van der Waals surface area contributed by atoms with E-state index in [2.05, 4.69) is 20.9 Å². The second-order valence-electron chi connectivity index (χ2n) is 6.62. The molecule has 0 radical (unpaired) electrons. The highest BCUT2D eigenvalue weighted by Gasteiger charge is 2.31. The van der Waals surface area contributed by atoms with E-state index in [1.807, 2.05) is 48.9 Å². The van der Waals surface area contributed by atoms with Crippen molar-refractivity contribution >= 4 is 33.4 Å². The zero-order valence-corrected chi connectivity index (χ0v) is 17.0. The van der Waals surface area contributed by atoms with Crippen LogP contribution in [0.1, 0.15) is 35.0 Å². The zero-order chi connectivity index (χ0) is 19.4. The average molecular weight is 406 g/mol. The van der Waals surface area contributed by atoms with E-state index in [0.29, 0.717) is 18.1 Å². The van der Waals surface area contributed by atoms with Crippen molar-refractivity contribution in [1.29, 1.82) is 0 Å². The highest BCUT2D eigenvalue weighted by Crippen LogP contribution is 2.26. The maximum absolute atomic E-state index is 11.7. The lowest BCUT2D eigenvalue weighted by atomic mass is 10.2. The van der Waals surface area contributed by atoms with Crippen molar-refractivity contribution < 1.29 is 8.42 Å². The molecule has 2 heterocycles. The summed E-state index contributed by atoms with van der Waals surface area (Å²) in [6, 6.07) is 9.86. The third-order valence-corrected chi connectivity index (χ3v) is 6.58. The first-order valence-corrected chi connectivity index (χ1v) is 11.0. The Morgan fingerprint density at radius 2 is 2.11 bits per heavy atom. The van der Waals surface area contributed by atoms with Crippen molar-refractivity contribution in [3.05, 3.63) is 52.8 Å². The van der Waals surface area contributed by atoms with Gasteiger partial charge in [-0.3, -0.25) is 10.1 Å². The lowest BCUT2D eigenvalue weighted by molar-refractivity contribution is 0.486. The van der Waals surface area contributed by atoms with Crippen LogP contribution in [0.2, 0.25) is 0 Å². The third kappa shape index (κ3) is 4.92. The Balaban J connectivity index is 1.59. The largest absolute Gasteiger partial charge is 0.357 e. The lowest BCUT2D eigenvalue weighted by Gasteiger charge is -2.10. The standard InChI is InChI=1S/C18H23N5O2S2/c1-13-17(14(2)23(22-13)16-8-9-27(24,25)12-16)11-20-21-18(26)19-10-15-6-4-3-5-7-15/h3-7,11,16H,8-10,12H2,1-2H3,(H2,19,21,26)/b20-11-/t16-/m1/s1. The SMILES string of the molecule is Cc1nn([C@@H]2CCS(=O)(=O)C2)c(C)c1/C=N\NC(=S)NCc1ccccc1. The molecule has 0 saturated carbocycles. The van der Waals surface area contributed by atoms with E-state index in [1.165, 1.54) is 0 Å². The Bertz CT molecular complexity index is 952. The van der Waals surface area contributed by atoms with Gasteiger partial charge >= 0.3 is 0 Å². The summed E-state index contributed by atoms with van der Waals surface area (Å²) in [5, 5.41) is 12.2. The van der Waals surface area contributed by atoms with E-state index in [-0.39, 0.29) is 17.5 Å². The van der Waals surface area contributed by atoms with Gasteiger partial charge in [0.05, 0.1) is 29.5 Å². The molecule has 1 saturated heterocycles. The minimum atomic E-state index is -2.95. The maximum Gasteiger partial charge on any atom is 0.187 e. The number of rotatable bonds is 5. The normalized spacial score (nSPS) is 18.7. The molecule has 7 nitrogen and oxygen atoms in total. The van der Waals surface area contributed by atoms with Crippen molar-refractivity contribution in [3.8, 4) is 0 Å². The van der Waals surface area contributed by atoms with Gasteiger partial charge in [-0.15, -0.1) is 0 Å². The van der Waals surface area contributed by atoms with Gasteiger partial charge in [0.25, 0.3) is 0 Å². The number of sulfone groups is 1. The molecule has 3 rings (SSSR count). The number of aryl methyl sites for hydroxylation is 1. The van der Waals surface area contributed by atoms with E-state index < -0.39 is 9.84 Å². The molecule has 1 aliphatic rings. The summed E-state index contributed by atoms with van der Waals surface area (Å²) < 4.78 is 25.3. The van der Waals surface area contributed by atoms with Crippen molar-refractivity contribution in [1.82, 2.24) is 20.5 Å². The van der Waals surface area contributed by atoms with Crippen LogP contribution in [0.25, 0.3) is 0 Å². The smallest absolute Gasteiger partial charge is 0.187 e. The monoisotopic (exact) mass is 405 g/mol. The molecule has 1 aliphatic heterocycles. The van der Waals surface area contributed by atoms with E-state index in [0.717, 1.165) is 22.5 Å². The third-order valence-electron chi connectivity index (χ3n) is 4.59. The van der Waals surface area contributed by atoms with Crippen LogP contribution in [0.3, 0.4) is 0 Å². The van der Waals surface area contributed by atoms with Crippen molar-refractivity contribution in [2.24, 2.45) is 5.10 Å². The van der Waals surface area contributed by atoms with Crippen LogP contribution in [0, 0.1) is 13.8 Å². The minimum absolute atomic E-state index is 0.0996. The van der Waals surface area contributed by atoms with Gasteiger partial charge in [0.1, 0.15) is 0 Å². The maximum atomic E-state index is 11.7. The van der Waals surface area contributed by atoms with Gasteiger partial charge in [-0.2, -0.15) is 10.2 Å². The molecule has 1 atom stereocenters. The molecule has 2 N–H and O–H groups in total. The van der Waals surface area contributed by atoms with E-state index in [4.69, 9.17) is 12.2 Å². The highest BCUT2D eigenvalue weighted by atomic mass is 32.2. The second-order valence-corrected chi connectivity index (χ2v) is 9.26. The average Bonchev–Trinajstić information content (AvgIpc) is 3.14. The molecule has 1 aromatic heterocycles. The summed E-state index contributed by atoms with van der Waals surface area (Å²) in [7, 11) is -2.95. The number of hydrogen-bond acceptors (Lipinski definition) is 5. The molecule has 0 unspecified atom stereocenters. The van der Waals surface area contributed by atoms with Gasteiger partial charge in [-0.25, -0.2) is 8.42 Å². The van der Waals surface area contributed by atoms with Crippen LogP contribution in [0.4, 0.5) is 0 Å². The zero-order valence-electron chi connectivity index (χ0n) is 15.3. The molecule has 0 aliphatic carbocycles. The molecule has 1 fully saturated rings. The van der Waals surface area contributed by atoms with Gasteiger partial charge < -0.3 is 5.32 Å². The van der Waals surface area contributed by atoms with Crippen LogP contribution in [-0.2, 0) is 16.4 Å². The fourth-order valence-corrected chi connectivity index (χ4v) is 4.98. The summed E-state index contributed by atoms with van der Waals surface area (Å²) in [5.41, 5.74) is 6.52. The molecule has 2 aromatic rings. The number of nitrogens with zero attached hydrogens (tertiary/aromatic N) is 3. The Morgan fingerprint density at radius 3 is 2.78 bits per heavy atom. The summed E-state index contributed by atoms with van der Waals surface area (Å²) in [5.74, 6) is 0.375. The van der Waals surface area contributed by atoms with Gasteiger partial charge in [0, 0.05) is 17.8 Å². The topological polar surface area (TPSA) is 88.4 Å². The summed E-state index contributed by atoms with van der Waals surface area (Å²) in [4.78, 5) is 0. The van der Waals surface area contributed by atoms with Crippen LogP contribution >= 0.6 is 12.2 Å².